The topological polar surface area (TPSA) is 20.2 Å². The van der Waals surface area contributed by atoms with Gasteiger partial charge in [0.25, 0.3) is 0 Å². The van der Waals surface area contributed by atoms with E-state index in [0.717, 1.165) is 11.8 Å². The quantitative estimate of drug-likeness (QED) is 0.569. The molecule has 0 heterocycles. The summed E-state index contributed by atoms with van der Waals surface area (Å²) in [6.07, 6.45) is 9.78. The van der Waals surface area contributed by atoms with Crippen LogP contribution >= 0.6 is 0 Å². The van der Waals surface area contributed by atoms with Crippen molar-refractivity contribution in [3.05, 3.63) is 12.2 Å². The van der Waals surface area contributed by atoms with Gasteiger partial charge in [-0.1, -0.05) is 12.2 Å². The Balaban J connectivity index is 1.95. The van der Waals surface area contributed by atoms with Gasteiger partial charge >= 0.3 is 0 Å². The highest BCUT2D eigenvalue weighted by molar-refractivity contribution is 5.03. The van der Waals surface area contributed by atoms with E-state index in [1.54, 1.807) is 0 Å². The lowest BCUT2D eigenvalue weighted by molar-refractivity contribution is 0.147. The highest BCUT2D eigenvalue weighted by atomic mass is 16.3. The Morgan fingerprint density at radius 3 is 3.09 bits per heavy atom. The van der Waals surface area contributed by atoms with Gasteiger partial charge in [0, 0.05) is 6.61 Å². The second-order valence-electron chi connectivity index (χ2n) is 3.95. The lowest BCUT2D eigenvalue weighted by atomic mass is 9.76. The van der Waals surface area contributed by atoms with E-state index in [2.05, 4.69) is 12.2 Å². The van der Waals surface area contributed by atoms with E-state index in [9.17, 15) is 0 Å². The molecule has 1 fully saturated rings. The van der Waals surface area contributed by atoms with Crippen molar-refractivity contribution in [2.45, 2.75) is 25.7 Å². The number of fused-ring (bicyclic) bond motifs is 1. The Bertz CT molecular complexity index is 162. The molecule has 0 bridgehead atoms. The number of aliphatic hydroxyl groups is 1. The summed E-state index contributed by atoms with van der Waals surface area (Å²) in [7, 11) is 0. The lowest BCUT2D eigenvalue weighted by Gasteiger charge is -2.30. The zero-order valence-corrected chi connectivity index (χ0v) is 6.87. The first-order valence-electron chi connectivity index (χ1n) is 4.67. The highest BCUT2D eigenvalue weighted by Gasteiger charge is 2.30. The van der Waals surface area contributed by atoms with Gasteiger partial charge in [-0.3, -0.25) is 0 Å². The van der Waals surface area contributed by atoms with Crippen LogP contribution < -0.4 is 0 Å². The van der Waals surface area contributed by atoms with Crippen LogP contribution in [0.4, 0.5) is 0 Å². The molecule has 1 saturated carbocycles. The number of hydrogen-bond donors (Lipinski definition) is 1. The van der Waals surface area contributed by atoms with Crippen LogP contribution in [0.3, 0.4) is 0 Å². The highest BCUT2D eigenvalue weighted by Crippen LogP contribution is 2.40. The summed E-state index contributed by atoms with van der Waals surface area (Å²) in [4.78, 5) is 0. The summed E-state index contributed by atoms with van der Waals surface area (Å²) >= 11 is 0. The smallest absolute Gasteiger partial charge is 0.0459 e. The van der Waals surface area contributed by atoms with E-state index in [1.807, 2.05) is 0 Å². The first kappa shape index (κ1) is 7.35. The molecule has 1 N–H and O–H groups in total. The predicted molar refractivity (Wildman–Crippen MR) is 45.2 cm³/mol. The summed E-state index contributed by atoms with van der Waals surface area (Å²) < 4.78 is 0. The molecule has 0 spiro atoms. The van der Waals surface area contributed by atoms with Crippen LogP contribution in [0.5, 0.6) is 0 Å². The Labute approximate surface area is 68.1 Å². The minimum Gasteiger partial charge on any atom is -0.396 e. The van der Waals surface area contributed by atoms with Gasteiger partial charge in [-0.05, 0) is 43.4 Å². The van der Waals surface area contributed by atoms with E-state index >= 15 is 0 Å². The maximum absolute atomic E-state index is 8.99. The Morgan fingerprint density at radius 2 is 2.27 bits per heavy atom. The average molecular weight is 152 g/mol. The molecule has 1 nitrogen and oxygen atoms in total. The molecule has 11 heavy (non-hydrogen) atoms. The molecule has 0 aromatic carbocycles. The van der Waals surface area contributed by atoms with Gasteiger partial charge in [-0.2, -0.15) is 0 Å². The molecule has 2 aliphatic rings. The van der Waals surface area contributed by atoms with Crippen molar-refractivity contribution in [3.63, 3.8) is 0 Å². The first-order chi connectivity index (χ1) is 5.40. The van der Waals surface area contributed by atoms with Gasteiger partial charge in [-0.25, -0.2) is 0 Å². The fourth-order valence-corrected chi connectivity index (χ4v) is 2.48. The molecule has 0 saturated heterocycles. The molecule has 3 unspecified atom stereocenters. The van der Waals surface area contributed by atoms with Crippen molar-refractivity contribution in [1.29, 1.82) is 0 Å². The molecule has 3 atom stereocenters. The van der Waals surface area contributed by atoms with E-state index in [0.29, 0.717) is 12.5 Å². The molecule has 0 amide bonds. The first-order valence-corrected chi connectivity index (χ1v) is 4.67. The van der Waals surface area contributed by atoms with Crippen LogP contribution in [-0.2, 0) is 0 Å². The predicted octanol–water partition coefficient (Wildman–Crippen LogP) is 1.97. The molecule has 1 heteroatoms. The lowest BCUT2D eigenvalue weighted by Crippen LogP contribution is -2.22. The number of rotatable bonds is 1. The number of hydrogen-bond acceptors (Lipinski definition) is 1. The molecule has 2 aliphatic carbocycles. The van der Waals surface area contributed by atoms with E-state index in [1.165, 1.54) is 25.7 Å². The summed E-state index contributed by atoms with van der Waals surface area (Å²) in [6, 6.07) is 0. The van der Waals surface area contributed by atoms with Crippen LogP contribution in [0.1, 0.15) is 25.7 Å². The van der Waals surface area contributed by atoms with Gasteiger partial charge in [0.1, 0.15) is 0 Å². The SMILES string of the molecule is OCC1CCC2CC=CC2C1. The third kappa shape index (κ3) is 1.34. The summed E-state index contributed by atoms with van der Waals surface area (Å²) in [6.45, 7) is 0.400. The standard InChI is InChI=1S/C10H16O/c11-7-8-4-5-9-2-1-3-10(9)6-8/h1,3,8-11H,2,4-7H2. The van der Waals surface area contributed by atoms with Crippen molar-refractivity contribution < 1.29 is 5.11 Å². The Kier molecular flexibility index (Phi) is 1.99. The minimum atomic E-state index is 0.400. The van der Waals surface area contributed by atoms with Crippen LogP contribution in [0, 0.1) is 17.8 Å². The van der Waals surface area contributed by atoms with Crippen LogP contribution in [0.2, 0.25) is 0 Å². The third-order valence-electron chi connectivity index (χ3n) is 3.24. The van der Waals surface area contributed by atoms with Gasteiger partial charge < -0.3 is 5.11 Å². The molecular formula is C10H16O. The maximum Gasteiger partial charge on any atom is 0.0459 e. The summed E-state index contributed by atoms with van der Waals surface area (Å²) in [5, 5.41) is 8.99. The van der Waals surface area contributed by atoms with E-state index in [-0.39, 0.29) is 0 Å². The Hall–Kier alpha value is -0.300. The molecule has 0 aromatic heterocycles. The van der Waals surface area contributed by atoms with Gasteiger partial charge in [0.2, 0.25) is 0 Å². The molecular weight excluding hydrogens is 136 g/mol. The van der Waals surface area contributed by atoms with E-state index in [4.69, 9.17) is 5.11 Å². The van der Waals surface area contributed by atoms with Crippen molar-refractivity contribution in [1.82, 2.24) is 0 Å². The second kappa shape index (κ2) is 2.98. The number of allylic oxidation sites excluding steroid dienone is 2. The van der Waals surface area contributed by atoms with Gasteiger partial charge in [-0.15, -0.1) is 0 Å². The fraction of sp³-hybridized carbons (Fsp3) is 0.800. The zero-order valence-electron chi connectivity index (χ0n) is 6.87. The molecule has 2 rings (SSSR count). The second-order valence-corrected chi connectivity index (χ2v) is 3.95. The monoisotopic (exact) mass is 152 g/mol. The molecule has 0 aromatic rings. The largest absolute Gasteiger partial charge is 0.396 e. The van der Waals surface area contributed by atoms with Crippen molar-refractivity contribution in [2.24, 2.45) is 17.8 Å². The fourth-order valence-electron chi connectivity index (χ4n) is 2.48. The van der Waals surface area contributed by atoms with Crippen LogP contribution in [0.25, 0.3) is 0 Å². The Morgan fingerprint density at radius 1 is 1.36 bits per heavy atom. The van der Waals surface area contributed by atoms with Crippen LogP contribution in [-0.4, -0.2) is 11.7 Å². The number of aliphatic hydroxyl groups excluding tert-OH is 1. The average Bonchev–Trinajstić information content (AvgIpc) is 2.50. The van der Waals surface area contributed by atoms with E-state index < -0.39 is 0 Å². The zero-order chi connectivity index (χ0) is 7.68. The summed E-state index contributed by atoms with van der Waals surface area (Å²) in [5.41, 5.74) is 0. The molecule has 0 aliphatic heterocycles. The van der Waals surface area contributed by atoms with Crippen molar-refractivity contribution in [3.8, 4) is 0 Å². The van der Waals surface area contributed by atoms with Gasteiger partial charge in [0.05, 0.1) is 0 Å². The molecule has 0 radical (unpaired) electrons. The normalized spacial score (nSPS) is 42.5. The third-order valence-corrected chi connectivity index (χ3v) is 3.24. The maximum atomic E-state index is 8.99. The van der Waals surface area contributed by atoms with Gasteiger partial charge in [0.15, 0.2) is 0 Å². The van der Waals surface area contributed by atoms with Crippen molar-refractivity contribution >= 4 is 0 Å². The summed E-state index contributed by atoms with van der Waals surface area (Å²) in [5.74, 6) is 2.33. The molecule has 62 valence electrons. The van der Waals surface area contributed by atoms with Crippen LogP contribution in [0.15, 0.2) is 12.2 Å². The van der Waals surface area contributed by atoms with Crippen molar-refractivity contribution in [2.75, 3.05) is 6.61 Å². The minimum absolute atomic E-state index is 0.400.